The van der Waals surface area contributed by atoms with E-state index in [0.717, 1.165) is 25.8 Å². The van der Waals surface area contributed by atoms with E-state index in [9.17, 15) is 18.0 Å². The molecule has 0 aromatic heterocycles. The van der Waals surface area contributed by atoms with Crippen molar-refractivity contribution in [2.75, 3.05) is 31.1 Å². The number of fused-ring (bicyclic) bond motifs is 3. The molecular formula is C20H27N5O4S. The lowest BCUT2D eigenvalue weighted by molar-refractivity contribution is -0.119. The maximum atomic E-state index is 12.8. The summed E-state index contributed by atoms with van der Waals surface area (Å²) in [6.07, 6.45) is 5.03. The number of hydrogen-bond donors (Lipinski definition) is 2. The maximum Gasteiger partial charge on any atom is 0.286 e. The van der Waals surface area contributed by atoms with Crippen molar-refractivity contribution in [3.8, 4) is 0 Å². The van der Waals surface area contributed by atoms with Gasteiger partial charge in [0.05, 0.1) is 12.2 Å². The zero-order valence-corrected chi connectivity index (χ0v) is 17.7. The molecule has 0 unspecified atom stereocenters. The van der Waals surface area contributed by atoms with Crippen molar-refractivity contribution in [3.05, 3.63) is 23.8 Å². The van der Waals surface area contributed by atoms with Crippen molar-refractivity contribution in [1.82, 2.24) is 10.2 Å². The van der Waals surface area contributed by atoms with E-state index in [1.54, 1.807) is 12.1 Å². The third-order valence-electron chi connectivity index (χ3n) is 5.91. The van der Waals surface area contributed by atoms with Gasteiger partial charge in [-0.15, -0.1) is 4.40 Å². The molecule has 0 saturated carbocycles. The number of amidine groups is 1. The number of carbonyl (C=O) groups is 2. The molecule has 0 aliphatic carbocycles. The summed E-state index contributed by atoms with van der Waals surface area (Å²) >= 11 is 0. The number of rotatable bonds is 4. The summed E-state index contributed by atoms with van der Waals surface area (Å²) < 4.78 is 29.5. The van der Waals surface area contributed by atoms with E-state index >= 15 is 0 Å². The Bertz CT molecular complexity index is 983. The van der Waals surface area contributed by atoms with Gasteiger partial charge in [-0.2, -0.15) is 8.42 Å². The second kappa shape index (κ2) is 8.35. The summed E-state index contributed by atoms with van der Waals surface area (Å²) in [5.41, 5.74) is 6.15. The molecule has 3 heterocycles. The average molecular weight is 434 g/mol. The van der Waals surface area contributed by atoms with Crippen LogP contribution >= 0.6 is 0 Å². The van der Waals surface area contributed by atoms with Gasteiger partial charge in [-0.1, -0.05) is 6.42 Å². The Morgan fingerprint density at radius 3 is 2.63 bits per heavy atom. The molecule has 0 radical (unpaired) electrons. The molecule has 9 nitrogen and oxygen atoms in total. The molecule has 0 bridgehead atoms. The van der Waals surface area contributed by atoms with Crippen LogP contribution in [0.4, 0.5) is 5.69 Å². The van der Waals surface area contributed by atoms with E-state index in [1.807, 2.05) is 9.80 Å². The maximum absolute atomic E-state index is 12.8. The van der Waals surface area contributed by atoms with Gasteiger partial charge in [-0.25, -0.2) is 0 Å². The first-order valence-corrected chi connectivity index (χ1v) is 11.8. The van der Waals surface area contributed by atoms with E-state index in [1.165, 1.54) is 6.07 Å². The molecule has 4 rings (SSSR count). The standard InChI is InChI=1S/C20H27N5O4S/c21-18(26)13-24-10-7-15(8-11-24)22-20(27)14-5-6-16-17(12-14)30(28,29)23-19-4-2-1-3-9-25(16)19/h5-6,12,15H,1-4,7-11,13H2,(H2,21,26)(H,22,27). The molecule has 1 aromatic carbocycles. The van der Waals surface area contributed by atoms with Crippen LogP contribution in [0.3, 0.4) is 0 Å². The summed E-state index contributed by atoms with van der Waals surface area (Å²) in [5, 5.41) is 2.98. The third kappa shape index (κ3) is 4.34. The summed E-state index contributed by atoms with van der Waals surface area (Å²) in [4.78, 5) is 27.8. The van der Waals surface area contributed by atoms with Gasteiger partial charge in [0.1, 0.15) is 10.7 Å². The average Bonchev–Trinajstić information content (AvgIpc) is 2.93. The van der Waals surface area contributed by atoms with Gasteiger partial charge in [0.25, 0.3) is 15.9 Å². The third-order valence-corrected chi connectivity index (χ3v) is 7.25. The number of carbonyl (C=O) groups excluding carboxylic acids is 2. The minimum absolute atomic E-state index is 0.0236. The first-order chi connectivity index (χ1) is 14.3. The van der Waals surface area contributed by atoms with E-state index in [2.05, 4.69) is 9.71 Å². The van der Waals surface area contributed by atoms with Gasteiger partial charge in [0, 0.05) is 37.7 Å². The smallest absolute Gasteiger partial charge is 0.286 e. The number of primary amides is 1. The van der Waals surface area contributed by atoms with Crippen LogP contribution < -0.4 is 16.0 Å². The minimum atomic E-state index is -3.82. The van der Waals surface area contributed by atoms with Gasteiger partial charge in [0.2, 0.25) is 5.91 Å². The SMILES string of the molecule is NC(=O)CN1CCC(NC(=O)c2ccc3c(c2)S(=O)(=O)N=C2CCCCCN23)CC1. The predicted octanol–water partition coefficient (Wildman–Crippen LogP) is 0.847. The van der Waals surface area contributed by atoms with Crippen LogP contribution in [0.5, 0.6) is 0 Å². The number of likely N-dealkylation sites (tertiary alicyclic amines) is 1. The Hall–Kier alpha value is -2.46. The first-order valence-electron chi connectivity index (χ1n) is 10.4. The molecule has 3 aliphatic rings. The Kier molecular flexibility index (Phi) is 5.79. The quantitative estimate of drug-likeness (QED) is 0.725. The molecule has 2 amide bonds. The van der Waals surface area contributed by atoms with Crippen LogP contribution in [0.25, 0.3) is 0 Å². The predicted molar refractivity (Wildman–Crippen MR) is 113 cm³/mol. The van der Waals surface area contributed by atoms with Gasteiger partial charge >= 0.3 is 0 Å². The van der Waals surface area contributed by atoms with Crippen LogP contribution in [0.2, 0.25) is 0 Å². The number of anilines is 1. The number of piperidine rings is 1. The number of nitrogens with two attached hydrogens (primary N) is 1. The van der Waals surface area contributed by atoms with Gasteiger partial charge in [-0.05, 0) is 43.9 Å². The summed E-state index contributed by atoms with van der Waals surface area (Å²) in [6.45, 7) is 2.32. The molecule has 2 fully saturated rings. The molecular weight excluding hydrogens is 406 g/mol. The fraction of sp³-hybridized carbons (Fsp3) is 0.550. The fourth-order valence-electron chi connectivity index (χ4n) is 4.35. The zero-order chi connectivity index (χ0) is 21.3. The lowest BCUT2D eigenvalue weighted by Crippen LogP contribution is -2.46. The van der Waals surface area contributed by atoms with Crippen LogP contribution in [-0.2, 0) is 14.8 Å². The number of sulfonamides is 1. The molecule has 162 valence electrons. The summed E-state index contributed by atoms with van der Waals surface area (Å²) in [7, 11) is -3.82. The lowest BCUT2D eigenvalue weighted by Gasteiger charge is -2.32. The number of hydrogen-bond acceptors (Lipinski definition) is 6. The Morgan fingerprint density at radius 1 is 1.13 bits per heavy atom. The highest BCUT2D eigenvalue weighted by Gasteiger charge is 2.32. The largest absolute Gasteiger partial charge is 0.369 e. The zero-order valence-electron chi connectivity index (χ0n) is 16.8. The van der Waals surface area contributed by atoms with E-state index in [4.69, 9.17) is 5.73 Å². The number of benzene rings is 1. The Balaban J connectivity index is 1.48. The van der Waals surface area contributed by atoms with Crippen LogP contribution in [0.15, 0.2) is 27.5 Å². The van der Waals surface area contributed by atoms with Crippen molar-refractivity contribution >= 4 is 33.4 Å². The topological polar surface area (TPSA) is 125 Å². The molecule has 3 N–H and O–H groups in total. The Labute approximate surface area is 176 Å². The molecule has 3 aliphatic heterocycles. The van der Waals surface area contributed by atoms with Crippen LogP contribution in [-0.4, -0.2) is 63.2 Å². The van der Waals surface area contributed by atoms with Crippen molar-refractivity contribution in [2.24, 2.45) is 10.1 Å². The summed E-state index contributed by atoms with van der Waals surface area (Å²) in [5.74, 6) is -0.0603. The van der Waals surface area contributed by atoms with Crippen LogP contribution in [0.1, 0.15) is 48.9 Å². The van der Waals surface area contributed by atoms with E-state index in [0.29, 0.717) is 49.4 Å². The second-order valence-corrected chi connectivity index (χ2v) is 9.69. The van der Waals surface area contributed by atoms with E-state index < -0.39 is 10.0 Å². The van der Waals surface area contributed by atoms with Gasteiger partial charge < -0.3 is 16.0 Å². The number of amides is 2. The molecule has 0 atom stereocenters. The molecule has 2 saturated heterocycles. The fourth-order valence-corrected chi connectivity index (χ4v) is 5.63. The highest BCUT2D eigenvalue weighted by Crippen LogP contribution is 2.35. The second-order valence-electron chi connectivity index (χ2n) is 8.12. The van der Waals surface area contributed by atoms with Crippen molar-refractivity contribution in [2.45, 2.75) is 49.5 Å². The van der Waals surface area contributed by atoms with Gasteiger partial charge in [-0.3, -0.25) is 14.5 Å². The molecule has 10 heteroatoms. The molecule has 0 spiro atoms. The van der Waals surface area contributed by atoms with Crippen molar-refractivity contribution < 1.29 is 18.0 Å². The molecule has 1 aromatic rings. The summed E-state index contributed by atoms with van der Waals surface area (Å²) in [6, 6.07) is 4.81. The number of nitrogens with zero attached hydrogens (tertiary/aromatic N) is 3. The highest BCUT2D eigenvalue weighted by atomic mass is 32.2. The Morgan fingerprint density at radius 2 is 1.90 bits per heavy atom. The van der Waals surface area contributed by atoms with Crippen molar-refractivity contribution in [3.63, 3.8) is 0 Å². The minimum Gasteiger partial charge on any atom is -0.369 e. The van der Waals surface area contributed by atoms with Gasteiger partial charge in [0.15, 0.2) is 0 Å². The monoisotopic (exact) mass is 433 g/mol. The van der Waals surface area contributed by atoms with Crippen LogP contribution in [0, 0.1) is 0 Å². The molecule has 30 heavy (non-hydrogen) atoms. The number of nitrogens with one attached hydrogen (secondary N) is 1. The normalized spacial score (nSPS) is 21.7. The highest BCUT2D eigenvalue weighted by molar-refractivity contribution is 7.90. The lowest BCUT2D eigenvalue weighted by atomic mass is 10.0. The first kappa shape index (κ1) is 20.8. The van der Waals surface area contributed by atoms with E-state index in [-0.39, 0.29) is 29.3 Å². The van der Waals surface area contributed by atoms with Crippen molar-refractivity contribution in [1.29, 1.82) is 0 Å².